The molecule has 0 aliphatic carbocycles. The molecular weight excluding hydrogens is 286 g/mol. The number of ether oxygens (including phenoxy) is 1. The van der Waals surface area contributed by atoms with Gasteiger partial charge in [-0.3, -0.25) is 0 Å². The molecule has 0 saturated heterocycles. The normalized spacial score (nSPS) is 10.5. The molecule has 2 aromatic rings. The summed E-state index contributed by atoms with van der Waals surface area (Å²) in [6.07, 6.45) is 2.09. The molecule has 0 atom stereocenters. The van der Waals surface area contributed by atoms with E-state index >= 15 is 0 Å². The third-order valence-electron chi connectivity index (χ3n) is 2.85. The van der Waals surface area contributed by atoms with Gasteiger partial charge in [0.1, 0.15) is 5.75 Å². The van der Waals surface area contributed by atoms with Crippen LogP contribution in [0.15, 0.2) is 52.3 Å². The van der Waals surface area contributed by atoms with E-state index in [4.69, 9.17) is 10.5 Å². The third-order valence-corrected chi connectivity index (χ3v) is 4.74. The Kier molecular flexibility index (Phi) is 5.68. The van der Waals surface area contributed by atoms with Crippen LogP contribution in [-0.2, 0) is 5.75 Å². The summed E-state index contributed by atoms with van der Waals surface area (Å²) in [6, 6.07) is 14.5. The molecular formula is C16H19NOS2. The molecule has 2 rings (SSSR count). The van der Waals surface area contributed by atoms with Crippen molar-refractivity contribution in [3.63, 3.8) is 0 Å². The maximum atomic E-state index is 6.02. The van der Waals surface area contributed by atoms with Crippen LogP contribution in [0.5, 0.6) is 5.75 Å². The van der Waals surface area contributed by atoms with E-state index in [0.717, 1.165) is 22.1 Å². The second-order valence-electron chi connectivity index (χ2n) is 4.27. The molecule has 0 aliphatic heterocycles. The summed E-state index contributed by atoms with van der Waals surface area (Å²) in [6.45, 7) is 2.65. The largest absolute Gasteiger partial charge is 0.494 e. The lowest BCUT2D eigenvalue weighted by Crippen LogP contribution is -1.94. The van der Waals surface area contributed by atoms with Gasteiger partial charge in [-0.25, -0.2) is 0 Å². The summed E-state index contributed by atoms with van der Waals surface area (Å²) >= 11 is 3.50. The van der Waals surface area contributed by atoms with Crippen LogP contribution in [0.4, 0.5) is 5.69 Å². The van der Waals surface area contributed by atoms with Gasteiger partial charge < -0.3 is 10.5 Å². The maximum Gasteiger partial charge on any atom is 0.120 e. The van der Waals surface area contributed by atoms with Gasteiger partial charge in [0.2, 0.25) is 0 Å². The molecule has 4 heteroatoms. The van der Waals surface area contributed by atoms with E-state index < -0.39 is 0 Å². The number of nitrogens with two attached hydrogens (primary N) is 1. The fraction of sp³-hybridized carbons (Fsp3) is 0.250. The van der Waals surface area contributed by atoms with Gasteiger partial charge in [0, 0.05) is 21.2 Å². The number of thioether (sulfide) groups is 2. The molecule has 0 spiro atoms. The molecule has 20 heavy (non-hydrogen) atoms. The summed E-state index contributed by atoms with van der Waals surface area (Å²) in [4.78, 5) is 2.36. The third kappa shape index (κ3) is 4.12. The van der Waals surface area contributed by atoms with Crippen molar-refractivity contribution in [3.05, 3.63) is 48.0 Å². The van der Waals surface area contributed by atoms with Crippen molar-refractivity contribution in [2.45, 2.75) is 22.5 Å². The predicted molar refractivity (Wildman–Crippen MR) is 89.8 cm³/mol. The fourth-order valence-electron chi connectivity index (χ4n) is 1.78. The highest BCUT2D eigenvalue weighted by molar-refractivity contribution is 7.99. The van der Waals surface area contributed by atoms with Gasteiger partial charge in [-0.2, -0.15) is 0 Å². The average Bonchev–Trinajstić information content (AvgIpc) is 2.48. The van der Waals surface area contributed by atoms with E-state index in [-0.39, 0.29) is 0 Å². The highest BCUT2D eigenvalue weighted by Gasteiger charge is 2.04. The SMILES string of the molecule is CCOc1ccc(N)c(SCc2ccc(SC)cc2)c1. The Hall–Kier alpha value is -1.26. The molecule has 106 valence electrons. The van der Waals surface area contributed by atoms with Crippen LogP contribution >= 0.6 is 23.5 Å². The molecule has 0 saturated carbocycles. The van der Waals surface area contributed by atoms with Gasteiger partial charge in [0.25, 0.3) is 0 Å². The monoisotopic (exact) mass is 305 g/mol. The highest BCUT2D eigenvalue weighted by atomic mass is 32.2. The Morgan fingerprint density at radius 1 is 1.10 bits per heavy atom. The summed E-state index contributed by atoms with van der Waals surface area (Å²) < 4.78 is 5.51. The van der Waals surface area contributed by atoms with Crippen molar-refractivity contribution in [2.75, 3.05) is 18.6 Å². The Bertz CT molecular complexity index is 555. The van der Waals surface area contributed by atoms with E-state index in [1.807, 2.05) is 25.1 Å². The van der Waals surface area contributed by atoms with Crippen LogP contribution in [-0.4, -0.2) is 12.9 Å². The van der Waals surface area contributed by atoms with E-state index in [1.54, 1.807) is 23.5 Å². The van der Waals surface area contributed by atoms with Gasteiger partial charge >= 0.3 is 0 Å². The van der Waals surface area contributed by atoms with Crippen molar-refractivity contribution >= 4 is 29.2 Å². The quantitative estimate of drug-likeness (QED) is 0.621. The molecule has 0 aromatic heterocycles. The average molecular weight is 305 g/mol. The second kappa shape index (κ2) is 7.50. The molecule has 0 amide bonds. The number of hydrogen-bond donors (Lipinski definition) is 1. The first-order valence-corrected chi connectivity index (χ1v) is 8.72. The minimum Gasteiger partial charge on any atom is -0.494 e. The van der Waals surface area contributed by atoms with Gasteiger partial charge in [0.05, 0.1) is 6.61 Å². The standard InChI is InChI=1S/C16H19NOS2/c1-3-18-13-6-9-15(17)16(10-13)20-11-12-4-7-14(19-2)8-5-12/h4-10H,3,11,17H2,1-2H3. The van der Waals surface area contributed by atoms with E-state index in [9.17, 15) is 0 Å². The smallest absolute Gasteiger partial charge is 0.120 e. The number of hydrogen-bond acceptors (Lipinski definition) is 4. The van der Waals surface area contributed by atoms with E-state index in [0.29, 0.717) is 6.61 Å². The molecule has 0 bridgehead atoms. The summed E-state index contributed by atoms with van der Waals surface area (Å²) in [5.74, 6) is 1.79. The Labute approximate surface area is 129 Å². The zero-order chi connectivity index (χ0) is 14.4. The lowest BCUT2D eigenvalue weighted by atomic mass is 10.2. The topological polar surface area (TPSA) is 35.2 Å². The predicted octanol–water partition coefficient (Wildman–Crippen LogP) is 4.68. The molecule has 0 fully saturated rings. The second-order valence-corrected chi connectivity index (χ2v) is 6.17. The Balaban J connectivity index is 2.03. The molecule has 2 aromatic carbocycles. The molecule has 0 unspecified atom stereocenters. The van der Waals surface area contributed by atoms with Crippen LogP contribution in [0.3, 0.4) is 0 Å². The molecule has 0 aliphatic rings. The fourth-order valence-corrected chi connectivity index (χ4v) is 3.14. The van der Waals surface area contributed by atoms with Crippen LogP contribution in [0.1, 0.15) is 12.5 Å². The van der Waals surface area contributed by atoms with Gasteiger partial charge in [-0.1, -0.05) is 12.1 Å². The number of nitrogen functional groups attached to an aromatic ring is 1. The van der Waals surface area contributed by atoms with Crippen molar-refractivity contribution < 1.29 is 4.74 Å². The zero-order valence-corrected chi connectivity index (χ0v) is 13.4. The minimum atomic E-state index is 0.671. The number of benzene rings is 2. The number of anilines is 1. The lowest BCUT2D eigenvalue weighted by Gasteiger charge is -2.09. The van der Waals surface area contributed by atoms with Crippen LogP contribution < -0.4 is 10.5 Å². The van der Waals surface area contributed by atoms with E-state index in [1.165, 1.54) is 10.5 Å². The minimum absolute atomic E-state index is 0.671. The zero-order valence-electron chi connectivity index (χ0n) is 11.8. The van der Waals surface area contributed by atoms with Crippen LogP contribution in [0.2, 0.25) is 0 Å². The summed E-state index contributed by atoms with van der Waals surface area (Å²) in [7, 11) is 0. The van der Waals surface area contributed by atoms with Crippen LogP contribution in [0, 0.1) is 0 Å². The summed E-state index contributed by atoms with van der Waals surface area (Å²) in [5.41, 5.74) is 8.12. The first-order chi connectivity index (χ1) is 9.72. The highest BCUT2D eigenvalue weighted by Crippen LogP contribution is 2.31. The number of rotatable bonds is 6. The van der Waals surface area contributed by atoms with Crippen molar-refractivity contribution in [3.8, 4) is 5.75 Å². The van der Waals surface area contributed by atoms with Gasteiger partial charge in [-0.05, 0) is 49.1 Å². The van der Waals surface area contributed by atoms with Crippen molar-refractivity contribution in [1.82, 2.24) is 0 Å². The summed E-state index contributed by atoms with van der Waals surface area (Å²) in [5, 5.41) is 0. The Morgan fingerprint density at radius 3 is 2.50 bits per heavy atom. The van der Waals surface area contributed by atoms with Crippen LogP contribution in [0.25, 0.3) is 0 Å². The molecule has 0 radical (unpaired) electrons. The maximum absolute atomic E-state index is 6.02. The first-order valence-electron chi connectivity index (χ1n) is 6.51. The molecule has 0 heterocycles. The molecule has 2 nitrogen and oxygen atoms in total. The van der Waals surface area contributed by atoms with Crippen molar-refractivity contribution in [1.29, 1.82) is 0 Å². The van der Waals surface area contributed by atoms with Crippen molar-refractivity contribution in [2.24, 2.45) is 0 Å². The van der Waals surface area contributed by atoms with Gasteiger partial charge in [-0.15, -0.1) is 23.5 Å². The van der Waals surface area contributed by atoms with E-state index in [2.05, 4.69) is 30.5 Å². The lowest BCUT2D eigenvalue weighted by molar-refractivity contribution is 0.339. The first kappa shape index (κ1) is 15.1. The Morgan fingerprint density at radius 2 is 1.85 bits per heavy atom. The molecule has 2 N–H and O–H groups in total. The van der Waals surface area contributed by atoms with Gasteiger partial charge in [0.15, 0.2) is 0 Å².